The molecule has 0 radical (unpaired) electrons. The molecule has 140 valence electrons. The van der Waals surface area contributed by atoms with Crippen molar-refractivity contribution in [2.75, 3.05) is 19.6 Å². The van der Waals surface area contributed by atoms with Crippen LogP contribution < -0.4 is 5.32 Å². The number of hydrogen-bond donors (Lipinski definition) is 1. The van der Waals surface area contributed by atoms with Crippen LogP contribution in [0.1, 0.15) is 66.9 Å². The number of amides is 1. The number of benzene rings is 1. The molecule has 2 heterocycles. The van der Waals surface area contributed by atoms with E-state index in [1.807, 2.05) is 12.1 Å². The summed E-state index contributed by atoms with van der Waals surface area (Å²) in [6.45, 7) is 9.47. The highest BCUT2D eigenvalue weighted by Gasteiger charge is 2.24. The minimum atomic E-state index is 0.0176. The zero-order valence-corrected chi connectivity index (χ0v) is 16.9. The van der Waals surface area contributed by atoms with Gasteiger partial charge in [-0.3, -0.25) is 9.69 Å². The minimum Gasteiger partial charge on any atom is -0.350 e. The van der Waals surface area contributed by atoms with E-state index >= 15 is 0 Å². The minimum absolute atomic E-state index is 0.0176. The van der Waals surface area contributed by atoms with Gasteiger partial charge >= 0.3 is 0 Å². The Hall–Kier alpha value is -1.65. The third kappa shape index (κ3) is 4.74. The van der Waals surface area contributed by atoms with Crippen molar-refractivity contribution < 1.29 is 4.79 Å². The number of nitrogens with zero attached hydrogens (tertiary/aromatic N) is 1. The fourth-order valence-electron chi connectivity index (χ4n) is 3.53. The van der Waals surface area contributed by atoms with Gasteiger partial charge in [-0.05, 0) is 60.5 Å². The molecule has 4 heteroatoms. The Kier molecular flexibility index (Phi) is 6.15. The van der Waals surface area contributed by atoms with Crippen LogP contribution in [0.15, 0.2) is 41.8 Å². The number of carbonyl (C=O) groups is 1. The number of piperidine rings is 1. The second kappa shape index (κ2) is 8.36. The summed E-state index contributed by atoms with van der Waals surface area (Å²) >= 11 is 1.78. The molecule has 1 N–H and O–H groups in total. The van der Waals surface area contributed by atoms with Crippen LogP contribution in [0.25, 0.3) is 0 Å². The van der Waals surface area contributed by atoms with Crippen LogP contribution in [0.3, 0.4) is 0 Å². The summed E-state index contributed by atoms with van der Waals surface area (Å²) < 4.78 is 0. The molecule has 0 saturated carbocycles. The summed E-state index contributed by atoms with van der Waals surface area (Å²) in [6, 6.07) is 12.6. The Bertz CT molecular complexity index is 695. The quantitative estimate of drug-likeness (QED) is 0.803. The zero-order chi connectivity index (χ0) is 18.6. The lowest BCUT2D eigenvalue weighted by Crippen LogP contribution is -2.40. The van der Waals surface area contributed by atoms with Gasteiger partial charge in [-0.2, -0.15) is 0 Å². The number of nitrogens with one attached hydrogen (secondary N) is 1. The molecule has 1 aromatic carbocycles. The van der Waals surface area contributed by atoms with Crippen LogP contribution in [0, 0.1) is 0 Å². The molecule has 1 aliphatic rings. The Labute approximate surface area is 161 Å². The van der Waals surface area contributed by atoms with Gasteiger partial charge in [0.2, 0.25) is 0 Å². The molecule has 1 saturated heterocycles. The lowest BCUT2D eigenvalue weighted by molar-refractivity contribution is 0.0925. The van der Waals surface area contributed by atoms with Crippen LogP contribution >= 0.6 is 11.3 Å². The van der Waals surface area contributed by atoms with Crippen molar-refractivity contribution in [2.45, 2.75) is 51.5 Å². The first-order chi connectivity index (χ1) is 12.4. The molecule has 0 bridgehead atoms. The largest absolute Gasteiger partial charge is 0.350 e. The average molecular weight is 371 g/mol. The number of likely N-dealkylation sites (tertiary alicyclic amines) is 1. The fourth-order valence-corrected chi connectivity index (χ4v) is 4.39. The van der Waals surface area contributed by atoms with Gasteiger partial charge in [0.1, 0.15) is 0 Å². The smallest absolute Gasteiger partial charge is 0.251 e. The predicted molar refractivity (Wildman–Crippen MR) is 110 cm³/mol. The first-order valence-corrected chi connectivity index (χ1v) is 10.5. The average Bonchev–Trinajstić information content (AvgIpc) is 3.16. The van der Waals surface area contributed by atoms with E-state index in [9.17, 15) is 4.79 Å². The summed E-state index contributed by atoms with van der Waals surface area (Å²) in [5.74, 6) is 0.0176. The van der Waals surface area contributed by atoms with Gasteiger partial charge < -0.3 is 5.32 Å². The normalized spacial score (nSPS) is 17.0. The molecule has 1 aliphatic heterocycles. The lowest BCUT2D eigenvalue weighted by atomic mass is 9.87. The summed E-state index contributed by atoms with van der Waals surface area (Å²) in [7, 11) is 0. The Balaban J connectivity index is 1.65. The molecule has 3 rings (SSSR count). The molecule has 3 nitrogen and oxygen atoms in total. The number of hydrogen-bond acceptors (Lipinski definition) is 3. The van der Waals surface area contributed by atoms with Gasteiger partial charge in [0, 0.05) is 17.0 Å². The number of carbonyl (C=O) groups excluding carboxylic acids is 1. The molecule has 26 heavy (non-hydrogen) atoms. The van der Waals surface area contributed by atoms with Crippen LogP contribution in [0.2, 0.25) is 0 Å². The van der Waals surface area contributed by atoms with Crippen LogP contribution in [-0.2, 0) is 5.41 Å². The van der Waals surface area contributed by atoms with Gasteiger partial charge in [-0.1, -0.05) is 45.4 Å². The van der Waals surface area contributed by atoms with E-state index in [-0.39, 0.29) is 17.4 Å². The van der Waals surface area contributed by atoms with Crippen molar-refractivity contribution in [1.29, 1.82) is 0 Å². The Morgan fingerprint density at radius 3 is 2.38 bits per heavy atom. The molecule has 2 aromatic rings. The number of thiophene rings is 1. The van der Waals surface area contributed by atoms with E-state index in [4.69, 9.17) is 0 Å². The summed E-state index contributed by atoms with van der Waals surface area (Å²) in [5, 5.41) is 5.29. The van der Waals surface area contributed by atoms with E-state index in [1.54, 1.807) is 11.3 Å². The summed E-state index contributed by atoms with van der Waals surface area (Å²) in [4.78, 5) is 16.5. The maximum Gasteiger partial charge on any atom is 0.251 e. The maximum absolute atomic E-state index is 12.6. The Morgan fingerprint density at radius 2 is 1.81 bits per heavy atom. The van der Waals surface area contributed by atoms with Gasteiger partial charge in [0.15, 0.2) is 0 Å². The highest BCUT2D eigenvalue weighted by Crippen LogP contribution is 2.27. The first-order valence-electron chi connectivity index (χ1n) is 9.61. The lowest BCUT2D eigenvalue weighted by Gasteiger charge is -2.34. The van der Waals surface area contributed by atoms with Crippen molar-refractivity contribution in [3.8, 4) is 0 Å². The van der Waals surface area contributed by atoms with Gasteiger partial charge in [-0.25, -0.2) is 0 Å². The molecule has 0 spiro atoms. The second-order valence-corrected chi connectivity index (χ2v) is 9.14. The van der Waals surface area contributed by atoms with Crippen molar-refractivity contribution in [3.05, 3.63) is 57.8 Å². The molecule has 1 aromatic heterocycles. The Morgan fingerprint density at radius 1 is 1.12 bits per heavy atom. The van der Waals surface area contributed by atoms with Gasteiger partial charge in [-0.15, -0.1) is 11.3 Å². The van der Waals surface area contributed by atoms with Crippen LogP contribution in [0.5, 0.6) is 0 Å². The van der Waals surface area contributed by atoms with Crippen molar-refractivity contribution in [3.63, 3.8) is 0 Å². The molecule has 1 fully saturated rings. The van der Waals surface area contributed by atoms with E-state index in [1.165, 1.54) is 29.7 Å². The third-order valence-electron chi connectivity index (χ3n) is 5.17. The first kappa shape index (κ1) is 19.1. The number of rotatable bonds is 5. The summed E-state index contributed by atoms with van der Waals surface area (Å²) in [6.07, 6.45) is 3.83. The highest BCUT2D eigenvalue weighted by molar-refractivity contribution is 7.10. The monoisotopic (exact) mass is 370 g/mol. The molecule has 1 amide bonds. The van der Waals surface area contributed by atoms with Crippen molar-refractivity contribution in [1.82, 2.24) is 10.2 Å². The predicted octanol–water partition coefficient (Wildman–Crippen LogP) is 5.00. The third-order valence-corrected chi connectivity index (χ3v) is 6.15. The maximum atomic E-state index is 12.6. The van der Waals surface area contributed by atoms with Crippen molar-refractivity contribution in [2.24, 2.45) is 0 Å². The van der Waals surface area contributed by atoms with Gasteiger partial charge in [0.05, 0.1) is 6.04 Å². The second-order valence-electron chi connectivity index (χ2n) is 8.17. The zero-order valence-electron chi connectivity index (χ0n) is 16.1. The molecule has 0 aliphatic carbocycles. The molecule has 1 atom stereocenters. The van der Waals surface area contributed by atoms with Crippen LogP contribution in [-0.4, -0.2) is 30.4 Å². The van der Waals surface area contributed by atoms with E-state index < -0.39 is 0 Å². The van der Waals surface area contributed by atoms with Gasteiger partial charge in [0.25, 0.3) is 5.91 Å². The van der Waals surface area contributed by atoms with E-state index in [0.717, 1.165) is 18.7 Å². The topological polar surface area (TPSA) is 32.3 Å². The fraction of sp³-hybridized carbons (Fsp3) is 0.500. The standard InChI is InChI=1S/C22H30N2OS/c1-22(2,3)18-11-9-17(10-12-18)21(25)23-16-19(20-8-7-15-26-20)24-13-5-4-6-14-24/h7-12,15,19H,4-6,13-14,16H2,1-3H3,(H,23,25)/t19-/m1/s1. The SMILES string of the molecule is CC(C)(C)c1ccc(C(=O)NC[C@H](c2cccs2)N2CCCCC2)cc1. The van der Waals surface area contributed by atoms with Crippen LogP contribution in [0.4, 0.5) is 0 Å². The molecular weight excluding hydrogens is 340 g/mol. The molecular formula is C22H30N2OS. The van der Waals surface area contributed by atoms with E-state index in [2.05, 4.69) is 60.6 Å². The van der Waals surface area contributed by atoms with Crippen molar-refractivity contribution >= 4 is 17.2 Å². The molecule has 0 unspecified atom stereocenters. The summed E-state index contributed by atoms with van der Waals surface area (Å²) in [5.41, 5.74) is 2.09. The highest BCUT2D eigenvalue weighted by atomic mass is 32.1. The van der Waals surface area contributed by atoms with E-state index in [0.29, 0.717) is 6.54 Å².